The van der Waals surface area contributed by atoms with Gasteiger partial charge in [-0.1, -0.05) is 24.3 Å². The SMILES string of the molecule is Fc1ccccc1[I+]c1ccccc1F.O=S(=O)([O-])c1cccnc1. The highest BCUT2D eigenvalue weighted by Gasteiger charge is 2.22. The van der Waals surface area contributed by atoms with E-state index in [-0.39, 0.29) is 16.5 Å². The van der Waals surface area contributed by atoms with Gasteiger partial charge in [0.15, 0.2) is 11.6 Å². The van der Waals surface area contributed by atoms with Crippen molar-refractivity contribution < 1.29 is 43.0 Å². The number of nitrogens with zero attached hydrogens (tertiary/aromatic N) is 1. The molecule has 2 aromatic carbocycles. The normalized spacial score (nSPS) is 10.7. The quantitative estimate of drug-likeness (QED) is 0.398. The number of halogens is 3. The number of aromatic nitrogens is 1. The van der Waals surface area contributed by atoms with Crippen LogP contribution in [0.25, 0.3) is 0 Å². The summed E-state index contributed by atoms with van der Waals surface area (Å²) in [5, 5.41) is 0. The molecule has 1 aromatic heterocycles. The topological polar surface area (TPSA) is 70.1 Å². The Balaban J connectivity index is 0.000000196. The minimum atomic E-state index is -4.32. The molecular weight excluding hydrogens is 463 g/mol. The summed E-state index contributed by atoms with van der Waals surface area (Å²) in [5.74, 6) is -0.484. The van der Waals surface area contributed by atoms with Gasteiger partial charge in [0.2, 0.25) is 7.14 Å². The molecule has 25 heavy (non-hydrogen) atoms. The van der Waals surface area contributed by atoms with Crippen molar-refractivity contribution in [3.8, 4) is 0 Å². The van der Waals surface area contributed by atoms with Crippen LogP contribution in [-0.4, -0.2) is 18.0 Å². The fourth-order valence-electron chi connectivity index (χ4n) is 1.64. The Hall–Kier alpha value is -1.91. The molecule has 0 radical (unpaired) electrons. The Labute approximate surface area is 154 Å². The van der Waals surface area contributed by atoms with E-state index in [1.165, 1.54) is 30.5 Å². The van der Waals surface area contributed by atoms with Gasteiger partial charge in [-0.05, 0) is 36.4 Å². The van der Waals surface area contributed by atoms with Crippen molar-refractivity contribution in [2.45, 2.75) is 4.90 Å². The number of hydrogen-bond donors (Lipinski definition) is 0. The van der Waals surface area contributed by atoms with Crippen molar-refractivity contribution in [2.75, 3.05) is 0 Å². The Kier molecular flexibility index (Phi) is 6.97. The van der Waals surface area contributed by atoms with Crippen LogP contribution in [0.15, 0.2) is 78.0 Å². The predicted molar refractivity (Wildman–Crippen MR) is 82.4 cm³/mol. The van der Waals surface area contributed by atoms with Crippen molar-refractivity contribution in [3.05, 3.63) is 91.8 Å². The van der Waals surface area contributed by atoms with E-state index < -0.39 is 31.3 Å². The van der Waals surface area contributed by atoms with Crippen LogP contribution in [0.2, 0.25) is 0 Å². The lowest BCUT2D eigenvalue weighted by molar-refractivity contribution is -0.603. The molecular formula is C17H12F2INO3S. The summed E-state index contributed by atoms with van der Waals surface area (Å²) in [6, 6.07) is 15.7. The molecule has 0 spiro atoms. The average molecular weight is 475 g/mol. The molecule has 1 heterocycles. The van der Waals surface area contributed by atoms with Crippen LogP contribution < -0.4 is 21.2 Å². The molecule has 3 rings (SSSR count). The van der Waals surface area contributed by atoms with E-state index in [2.05, 4.69) is 4.98 Å². The largest absolute Gasteiger partial charge is 0.744 e. The van der Waals surface area contributed by atoms with Gasteiger partial charge in [-0.3, -0.25) is 4.98 Å². The Bertz CT molecular complexity index is 894. The maximum absolute atomic E-state index is 13.3. The molecule has 0 amide bonds. The monoisotopic (exact) mass is 475 g/mol. The van der Waals surface area contributed by atoms with Gasteiger partial charge in [0.05, 0.1) is 4.90 Å². The van der Waals surface area contributed by atoms with Crippen molar-refractivity contribution in [1.82, 2.24) is 4.98 Å². The molecule has 0 aliphatic heterocycles. The van der Waals surface area contributed by atoms with Crippen molar-refractivity contribution in [2.24, 2.45) is 0 Å². The first kappa shape index (κ1) is 19.4. The second-order valence-corrected chi connectivity index (χ2v) is 8.81. The van der Waals surface area contributed by atoms with E-state index in [0.29, 0.717) is 7.14 Å². The summed E-state index contributed by atoms with van der Waals surface area (Å²) < 4.78 is 58.6. The van der Waals surface area contributed by atoms with Gasteiger partial charge in [-0.15, -0.1) is 0 Å². The molecule has 0 unspecified atom stereocenters. The van der Waals surface area contributed by atoms with Gasteiger partial charge < -0.3 is 4.55 Å². The van der Waals surface area contributed by atoms with Gasteiger partial charge in [0.1, 0.15) is 10.1 Å². The maximum atomic E-state index is 13.3. The maximum Gasteiger partial charge on any atom is 0.364 e. The smallest absolute Gasteiger partial charge is 0.364 e. The highest BCUT2D eigenvalue weighted by atomic mass is 127. The zero-order chi connectivity index (χ0) is 18.3. The standard InChI is InChI=1S/C12H8F2I.C5H5NO3S/c13-9-5-1-3-7-11(9)15-12-8-4-2-6-10(12)14;7-10(8,9)5-2-1-3-6-4-5/h1-8H;1-4H,(H,7,8,9)/q+1;/p-1. The molecule has 8 heteroatoms. The zero-order valence-corrected chi connectivity index (χ0v) is 15.6. The van der Waals surface area contributed by atoms with Gasteiger partial charge in [0.25, 0.3) is 0 Å². The van der Waals surface area contributed by atoms with Crippen molar-refractivity contribution >= 4 is 10.1 Å². The third kappa shape index (κ3) is 6.15. The molecule has 0 saturated heterocycles. The second kappa shape index (κ2) is 8.97. The fourth-order valence-corrected chi connectivity index (χ4v) is 4.35. The van der Waals surface area contributed by atoms with Crippen molar-refractivity contribution in [3.63, 3.8) is 0 Å². The number of rotatable bonds is 3. The van der Waals surface area contributed by atoms with E-state index in [1.807, 2.05) is 0 Å². The zero-order valence-electron chi connectivity index (χ0n) is 12.6. The lowest BCUT2D eigenvalue weighted by atomic mass is 10.4. The average Bonchev–Trinajstić information content (AvgIpc) is 2.59. The lowest BCUT2D eigenvalue weighted by Crippen LogP contribution is -3.62. The van der Waals surface area contributed by atoms with Crippen LogP contribution in [0.4, 0.5) is 8.78 Å². The Morgan fingerprint density at radius 3 is 1.72 bits per heavy atom. The molecule has 0 bridgehead atoms. The van der Waals surface area contributed by atoms with Gasteiger partial charge in [-0.2, -0.15) is 0 Å². The third-order valence-corrected chi connectivity index (χ3v) is 6.51. The van der Waals surface area contributed by atoms with E-state index in [1.54, 1.807) is 36.4 Å². The Morgan fingerprint density at radius 1 is 0.840 bits per heavy atom. The van der Waals surface area contributed by atoms with E-state index in [9.17, 15) is 21.8 Å². The molecule has 0 fully saturated rings. The van der Waals surface area contributed by atoms with Crippen LogP contribution >= 0.6 is 0 Å². The number of hydrogen-bond acceptors (Lipinski definition) is 4. The van der Waals surface area contributed by atoms with E-state index in [4.69, 9.17) is 0 Å². The predicted octanol–water partition coefficient (Wildman–Crippen LogP) is 0.0789. The van der Waals surface area contributed by atoms with Gasteiger partial charge in [-0.25, -0.2) is 17.2 Å². The molecule has 0 saturated carbocycles. The fraction of sp³-hybridized carbons (Fsp3) is 0. The summed E-state index contributed by atoms with van der Waals surface area (Å²) in [6.45, 7) is 0. The highest BCUT2D eigenvalue weighted by Crippen LogP contribution is 2.03. The molecule has 0 atom stereocenters. The van der Waals surface area contributed by atoms with Crippen LogP contribution in [0, 0.1) is 18.8 Å². The van der Waals surface area contributed by atoms with Gasteiger partial charge in [0, 0.05) is 12.4 Å². The first-order chi connectivity index (χ1) is 11.9. The second-order valence-electron chi connectivity index (χ2n) is 4.57. The summed E-state index contributed by atoms with van der Waals surface area (Å²) in [7, 11) is -4.32. The summed E-state index contributed by atoms with van der Waals surface area (Å²) in [4.78, 5) is 3.18. The summed E-state index contributed by atoms with van der Waals surface area (Å²) in [5.41, 5.74) is 0. The number of benzene rings is 2. The molecule has 3 aromatic rings. The minimum Gasteiger partial charge on any atom is -0.744 e. The molecule has 0 aliphatic rings. The first-order valence-corrected chi connectivity index (χ1v) is 10.4. The molecule has 130 valence electrons. The van der Waals surface area contributed by atoms with Crippen LogP contribution in [0.1, 0.15) is 0 Å². The van der Waals surface area contributed by atoms with Crippen LogP contribution in [-0.2, 0) is 10.1 Å². The summed E-state index contributed by atoms with van der Waals surface area (Å²) >= 11 is -0.765. The lowest BCUT2D eigenvalue weighted by Gasteiger charge is -2.03. The van der Waals surface area contributed by atoms with Gasteiger partial charge >= 0.3 is 21.2 Å². The van der Waals surface area contributed by atoms with E-state index in [0.717, 1.165) is 6.20 Å². The van der Waals surface area contributed by atoms with Crippen molar-refractivity contribution in [1.29, 1.82) is 0 Å². The minimum absolute atomic E-state index is 0.242. The molecule has 0 aliphatic carbocycles. The highest BCUT2D eigenvalue weighted by molar-refractivity contribution is 7.85. The van der Waals surface area contributed by atoms with Crippen LogP contribution in [0.3, 0.4) is 0 Å². The Morgan fingerprint density at radius 2 is 1.36 bits per heavy atom. The third-order valence-electron chi connectivity index (χ3n) is 2.78. The number of pyridine rings is 1. The summed E-state index contributed by atoms with van der Waals surface area (Å²) in [6.07, 6.45) is 2.41. The first-order valence-electron chi connectivity index (χ1n) is 6.88. The molecule has 4 nitrogen and oxygen atoms in total. The van der Waals surface area contributed by atoms with E-state index >= 15 is 0 Å². The molecule has 0 N–H and O–H groups in total. The van der Waals surface area contributed by atoms with Crippen LogP contribution in [0.5, 0.6) is 0 Å².